The number of ether oxygens (including phenoxy) is 2. The van der Waals surface area contributed by atoms with Gasteiger partial charge in [0.1, 0.15) is 10.8 Å². The van der Waals surface area contributed by atoms with E-state index in [1.54, 1.807) is 12.3 Å². The first-order chi connectivity index (χ1) is 16.2. The molecule has 10 nitrogen and oxygen atoms in total. The van der Waals surface area contributed by atoms with E-state index in [-0.39, 0.29) is 33.3 Å². The molecule has 1 heterocycles. The van der Waals surface area contributed by atoms with Crippen molar-refractivity contribution in [1.82, 2.24) is 5.32 Å². The zero-order valence-electron chi connectivity index (χ0n) is 18.2. The van der Waals surface area contributed by atoms with Crippen molar-refractivity contribution in [1.29, 1.82) is 0 Å². The van der Waals surface area contributed by atoms with Crippen molar-refractivity contribution in [2.45, 2.75) is 11.8 Å². The minimum atomic E-state index is -3.90. The largest absolute Gasteiger partial charge is 0.497 e. The van der Waals surface area contributed by atoms with Crippen molar-refractivity contribution < 1.29 is 32.3 Å². The molecule has 0 aliphatic rings. The van der Waals surface area contributed by atoms with Crippen molar-refractivity contribution in [3.63, 3.8) is 0 Å². The Morgan fingerprint density at radius 3 is 2.41 bits per heavy atom. The van der Waals surface area contributed by atoms with E-state index < -0.39 is 27.9 Å². The van der Waals surface area contributed by atoms with Crippen molar-refractivity contribution in [2.75, 3.05) is 23.8 Å². The highest BCUT2D eigenvalue weighted by Gasteiger charge is 2.19. The molecule has 0 saturated heterocycles. The van der Waals surface area contributed by atoms with Crippen LogP contribution in [0.5, 0.6) is 5.75 Å². The summed E-state index contributed by atoms with van der Waals surface area (Å²) in [6.45, 7) is 1.70. The molecular weight excluding hydrogens is 482 g/mol. The van der Waals surface area contributed by atoms with Gasteiger partial charge in [-0.2, -0.15) is 0 Å². The molecule has 0 saturated carbocycles. The third kappa shape index (κ3) is 6.11. The summed E-state index contributed by atoms with van der Waals surface area (Å²) in [5, 5.41) is 6.46. The van der Waals surface area contributed by atoms with Gasteiger partial charge in [-0.15, -0.1) is 11.3 Å². The summed E-state index contributed by atoms with van der Waals surface area (Å²) in [5.41, 5.74) is 0.415. The predicted octanol–water partition coefficient (Wildman–Crippen LogP) is 3.70. The molecule has 1 aromatic heterocycles. The molecule has 0 spiro atoms. The first-order valence-electron chi connectivity index (χ1n) is 9.87. The molecule has 0 atom stereocenters. The number of sulfonamides is 1. The molecule has 2 aromatic carbocycles. The number of alkyl carbamates (subject to hydrolysis) is 1. The third-order valence-electron chi connectivity index (χ3n) is 4.37. The number of carbonyl (C=O) groups is 3. The van der Waals surface area contributed by atoms with E-state index in [2.05, 4.69) is 20.1 Å². The van der Waals surface area contributed by atoms with E-state index in [9.17, 15) is 22.8 Å². The van der Waals surface area contributed by atoms with Crippen LogP contribution in [0.25, 0.3) is 0 Å². The molecule has 0 radical (unpaired) electrons. The summed E-state index contributed by atoms with van der Waals surface area (Å²) in [6.07, 6.45) is -0.896. The van der Waals surface area contributed by atoms with Crippen molar-refractivity contribution in [2.24, 2.45) is 0 Å². The van der Waals surface area contributed by atoms with E-state index in [4.69, 9.17) is 4.74 Å². The second-order valence-electron chi connectivity index (χ2n) is 6.65. The summed E-state index contributed by atoms with van der Waals surface area (Å²) in [5.74, 6) is -0.782. The fourth-order valence-corrected chi connectivity index (χ4v) is 4.61. The Hall–Kier alpha value is -3.90. The van der Waals surface area contributed by atoms with Gasteiger partial charge in [0.15, 0.2) is 0 Å². The number of anilines is 2. The monoisotopic (exact) mass is 503 g/mol. The smallest absolute Gasteiger partial charge is 0.414 e. The van der Waals surface area contributed by atoms with Gasteiger partial charge in [-0.25, -0.2) is 13.2 Å². The Morgan fingerprint density at radius 1 is 1.00 bits per heavy atom. The number of imide groups is 1. The van der Waals surface area contributed by atoms with Crippen LogP contribution in [0.15, 0.2) is 64.9 Å². The average molecular weight is 504 g/mol. The lowest BCUT2D eigenvalue weighted by Crippen LogP contribution is -2.31. The molecule has 0 fully saturated rings. The highest BCUT2D eigenvalue weighted by Crippen LogP contribution is 2.25. The van der Waals surface area contributed by atoms with E-state index in [1.807, 2.05) is 0 Å². The molecule has 0 unspecified atom stereocenters. The van der Waals surface area contributed by atoms with Crippen LogP contribution in [0.1, 0.15) is 27.6 Å². The summed E-state index contributed by atoms with van der Waals surface area (Å²) >= 11 is 1.09. The van der Waals surface area contributed by atoms with Crippen LogP contribution in [0.4, 0.5) is 15.5 Å². The van der Waals surface area contributed by atoms with Crippen LogP contribution >= 0.6 is 11.3 Å². The number of rotatable bonds is 8. The number of hydrogen-bond donors (Lipinski definition) is 3. The molecular formula is C22H21N3O7S2. The maximum Gasteiger partial charge on any atom is 0.414 e. The summed E-state index contributed by atoms with van der Waals surface area (Å²) in [6, 6.07) is 13.2. The van der Waals surface area contributed by atoms with E-state index >= 15 is 0 Å². The molecule has 3 rings (SSSR count). The van der Waals surface area contributed by atoms with Gasteiger partial charge in [-0.1, -0.05) is 6.07 Å². The Balaban J connectivity index is 1.73. The molecule has 0 aliphatic heterocycles. The standard InChI is InChI=1S/C22H21N3O7S2/c1-3-32-22(28)24-20(27)18-11-12-33-21(18)23-19(26)14-5-4-6-15(13-14)25-34(29,30)17-9-7-16(31-2)8-10-17/h4-13,25H,3H2,1-2H3,(H,23,26)(H,24,27,28). The lowest BCUT2D eigenvalue weighted by Gasteiger charge is -2.11. The highest BCUT2D eigenvalue weighted by atomic mass is 32.2. The summed E-state index contributed by atoms with van der Waals surface area (Å²) < 4.78 is 37.5. The Bertz CT molecular complexity index is 1300. The number of amides is 3. The van der Waals surface area contributed by atoms with Crippen LogP contribution in [0, 0.1) is 0 Å². The molecule has 0 bridgehead atoms. The van der Waals surface area contributed by atoms with E-state index in [0.717, 1.165) is 11.3 Å². The van der Waals surface area contributed by atoms with Gasteiger partial charge in [-0.05, 0) is 60.8 Å². The Morgan fingerprint density at radius 2 is 1.74 bits per heavy atom. The van der Waals surface area contributed by atoms with Gasteiger partial charge >= 0.3 is 6.09 Å². The van der Waals surface area contributed by atoms with Crippen LogP contribution in [-0.2, 0) is 14.8 Å². The molecule has 34 heavy (non-hydrogen) atoms. The minimum Gasteiger partial charge on any atom is -0.497 e. The number of nitrogens with one attached hydrogen (secondary N) is 3. The molecule has 0 aliphatic carbocycles. The lowest BCUT2D eigenvalue weighted by molar-refractivity contribution is 0.0926. The summed E-state index contributed by atoms with van der Waals surface area (Å²) in [7, 11) is -2.42. The Labute approximate surface area is 199 Å². The van der Waals surface area contributed by atoms with Crippen LogP contribution < -0.4 is 20.1 Å². The van der Waals surface area contributed by atoms with Crippen molar-refractivity contribution >= 4 is 50.0 Å². The number of benzene rings is 2. The zero-order chi connectivity index (χ0) is 24.7. The van der Waals surface area contributed by atoms with Crippen molar-refractivity contribution in [3.05, 3.63) is 71.1 Å². The van der Waals surface area contributed by atoms with Gasteiger partial charge in [0, 0.05) is 11.3 Å². The average Bonchev–Trinajstić information content (AvgIpc) is 3.27. The maximum atomic E-state index is 12.8. The minimum absolute atomic E-state index is 0.0268. The molecule has 3 N–H and O–H groups in total. The first-order valence-corrected chi connectivity index (χ1v) is 12.2. The van der Waals surface area contributed by atoms with Gasteiger partial charge in [0.25, 0.3) is 21.8 Å². The predicted molar refractivity (Wildman–Crippen MR) is 127 cm³/mol. The van der Waals surface area contributed by atoms with Crippen LogP contribution in [-0.4, -0.2) is 40.0 Å². The van der Waals surface area contributed by atoms with Crippen molar-refractivity contribution in [3.8, 4) is 5.75 Å². The number of methoxy groups -OCH3 is 1. The number of thiophene rings is 1. The van der Waals surface area contributed by atoms with Crippen LogP contribution in [0.3, 0.4) is 0 Å². The third-order valence-corrected chi connectivity index (χ3v) is 6.60. The number of hydrogen-bond acceptors (Lipinski definition) is 8. The molecule has 12 heteroatoms. The quantitative estimate of drug-likeness (QED) is 0.426. The van der Waals surface area contributed by atoms with Gasteiger partial charge in [-0.3, -0.25) is 19.6 Å². The van der Waals surface area contributed by atoms with Gasteiger partial charge in [0.05, 0.1) is 24.2 Å². The fraction of sp³-hybridized carbons (Fsp3) is 0.136. The SMILES string of the molecule is CCOC(=O)NC(=O)c1ccsc1NC(=O)c1cccc(NS(=O)(=O)c2ccc(OC)cc2)c1. The normalized spacial score (nSPS) is 10.8. The second-order valence-corrected chi connectivity index (χ2v) is 9.25. The summed E-state index contributed by atoms with van der Waals surface area (Å²) in [4.78, 5) is 36.5. The second kappa shape index (κ2) is 10.8. The van der Waals surface area contributed by atoms with Gasteiger partial charge < -0.3 is 14.8 Å². The lowest BCUT2D eigenvalue weighted by atomic mass is 10.2. The molecule has 178 valence electrons. The topological polar surface area (TPSA) is 140 Å². The first kappa shape index (κ1) is 24.7. The van der Waals surface area contributed by atoms with E-state index in [1.165, 1.54) is 61.7 Å². The van der Waals surface area contributed by atoms with Gasteiger partial charge in [0.2, 0.25) is 0 Å². The highest BCUT2D eigenvalue weighted by molar-refractivity contribution is 7.92. The molecule has 3 aromatic rings. The zero-order valence-corrected chi connectivity index (χ0v) is 19.8. The fourth-order valence-electron chi connectivity index (χ4n) is 2.78. The Kier molecular flexibility index (Phi) is 7.87. The molecule has 3 amide bonds. The maximum absolute atomic E-state index is 12.8. The number of carbonyl (C=O) groups excluding carboxylic acids is 3. The van der Waals surface area contributed by atoms with E-state index in [0.29, 0.717) is 5.75 Å². The van der Waals surface area contributed by atoms with Crippen LogP contribution in [0.2, 0.25) is 0 Å².